The molecule has 120 valence electrons. The van der Waals surface area contributed by atoms with Crippen molar-refractivity contribution in [3.05, 3.63) is 0 Å². The fourth-order valence-electron chi connectivity index (χ4n) is 3.14. The van der Waals surface area contributed by atoms with E-state index in [1.165, 1.54) is 25.7 Å². The number of aliphatic carboxylic acids is 1. The Labute approximate surface area is 130 Å². The molecule has 0 amide bonds. The highest BCUT2D eigenvalue weighted by atomic mass is 35.5. The molecule has 1 saturated carbocycles. The standard InChI is InChI=1S/C16H31NO2.ClH/c1-5-6-14(15(18)19)17-11-12-7-9-13(10-8-12)16(2,3)4;/h12-14,17H,5-11H2,1-4H3,(H,18,19);1H. The third-order valence-electron chi connectivity index (χ3n) is 4.60. The van der Waals surface area contributed by atoms with Crippen LogP contribution in [0.5, 0.6) is 0 Å². The molecule has 0 aromatic rings. The van der Waals surface area contributed by atoms with Crippen molar-refractivity contribution in [1.82, 2.24) is 5.32 Å². The maximum absolute atomic E-state index is 11.1. The molecule has 0 aliphatic heterocycles. The summed E-state index contributed by atoms with van der Waals surface area (Å²) in [6, 6.07) is -0.356. The van der Waals surface area contributed by atoms with Gasteiger partial charge in [0.15, 0.2) is 0 Å². The van der Waals surface area contributed by atoms with Crippen LogP contribution in [0.2, 0.25) is 0 Å². The van der Waals surface area contributed by atoms with Crippen molar-refractivity contribution in [2.45, 2.75) is 72.3 Å². The lowest BCUT2D eigenvalue weighted by atomic mass is 9.70. The fourth-order valence-corrected chi connectivity index (χ4v) is 3.14. The zero-order valence-corrected chi connectivity index (χ0v) is 14.3. The summed E-state index contributed by atoms with van der Waals surface area (Å²) in [5.41, 5.74) is 0.421. The van der Waals surface area contributed by atoms with E-state index in [2.05, 4.69) is 26.1 Å². The van der Waals surface area contributed by atoms with Crippen molar-refractivity contribution in [3.8, 4) is 0 Å². The number of hydrogen-bond acceptors (Lipinski definition) is 2. The summed E-state index contributed by atoms with van der Waals surface area (Å²) in [4.78, 5) is 11.1. The number of carboxylic acids is 1. The molecule has 3 nitrogen and oxygen atoms in total. The third-order valence-corrected chi connectivity index (χ3v) is 4.60. The topological polar surface area (TPSA) is 49.3 Å². The smallest absolute Gasteiger partial charge is 0.320 e. The Balaban J connectivity index is 0.00000361. The molecule has 0 heterocycles. The van der Waals surface area contributed by atoms with Gasteiger partial charge in [0.1, 0.15) is 6.04 Å². The summed E-state index contributed by atoms with van der Waals surface area (Å²) in [5, 5.41) is 12.4. The van der Waals surface area contributed by atoms with E-state index in [1.807, 2.05) is 6.92 Å². The van der Waals surface area contributed by atoms with E-state index < -0.39 is 5.97 Å². The first-order chi connectivity index (χ1) is 8.84. The number of carbonyl (C=O) groups is 1. The van der Waals surface area contributed by atoms with Gasteiger partial charge in [0.05, 0.1) is 0 Å². The van der Waals surface area contributed by atoms with Crippen molar-refractivity contribution in [2.24, 2.45) is 17.3 Å². The van der Waals surface area contributed by atoms with Crippen LogP contribution in [0.15, 0.2) is 0 Å². The molecule has 2 N–H and O–H groups in total. The minimum atomic E-state index is -0.703. The largest absolute Gasteiger partial charge is 0.480 e. The molecule has 1 rings (SSSR count). The molecule has 1 unspecified atom stereocenters. The maximum Gasteiger partial charge on any atom is 0.320 e. The van der Waals surface area contributed by atoms with Crippen LogP contribution in [-0.2, 0) is 4.79 Å². The minimum Gasteiger partial charge on any atom is -0.480 e. The first-order valence-electron chi connectivity index (χ1n) is 7.80. The van der Waals surface area contributed by atoms with E-state index >= 15 is 0 Å². The van der Waals surface area contributed by atoms with Crippen LogP contribution < -0.4 is 5.32 Å². The van der Waals surface area contributed by atoms with Crippen LogP contribution >= 0.6 is 12.4 Å². The summed E-state index contributed by atoms with van der Waals surface area (Å²) < 4.78 is 0. The van der Waals surface area contributed by atoms with E-state index in [-0.39, 0.29) is 18.4 Å². The molecule has 0 radical (unpaired) electrons. The zero-order chi connectivity index (χ0) is 14.5. The second kappa shape index (κ2) is 8.89. The lowest BCUT2D eigenvalue weighted by molar-refractivity contribution is -0.139. The lowest BCUT2D eigenvalue weighted by Crippen LogP contribution is -2.40. The van der Waals surface area contributed by atoms with Crippen LogP contribution in [0.4, 0.5) is 0 Å². The van der Waals surface area contributed by atoms with Crippen LogP contribution in [-0.4, -0.2) is 23.7 Å². The Bertz CT molecular complexity index is 281. The number of rotatable bonds is 6. The molecule has 1 aliphatic rings. The van der Waals surface area contributed by atoms with Crippen LogP contribution in [0.1, 0.15) is 66.2 Å². The highest BCUT2D eigenvalue weighted by molar-refractivity contribution is 5.85. The minimum absolute atomic E-state index is 0. The number of carboxylic acid groups (broad SMARTS) is 1. The molecule has 0 spiro atoms. The first kappa shape index (κ1) is 19.7. The Kier molecular flexibility index (Phi) is 8.76. The average Bonchev–Trinajstić information content (AvgIpc) is 2.33. The van der Waals surface area contributed by atoms with Crippen molar-refractivity contribution in [3.63, 3.8) is 0 Å². The van der Waals surface area contributed by atoms with Gasteiger partial charge < -0.3 is 10.4 Å². The van der Waals surface area contributed by atoms with Gasteiger partial charge in [-0.25, -0.2) is 0 Å². The third kappa shape index (κ3) is 6.45. The van der Waals surface area contributed by atoms with Gasteiger partial charge in [0, 0.05) is 0 Å². The Morgan fingerprint density at radius 1 is 1.25 bits per heavy atom. The van der Waals surface area contributed by atoms with E-state index in [4.69, 9.17) is 5.11 Å². The second-order valence-corrected chi connectivity index (χ2v) is 7.17. The highest BCUT2D eigenvalue weighted by Gasteiger charge is 2.30. The molecule has 4 heteroatoms. The van der Waals surface area contributed by atoms with Crippen LogP contribution in [0.25, 0.3) is 0 Å². The predicted molar refractivity (Wildman–Crippen MR) is 86.5 cm³/mol. The quantitative estimate of drug-likeness (QED) is 0.776. The lowest BCUT2D eigenvalue weighted by Gasteiger charge is -2.37. The molecule has 0 saturated heterocycles. The Morgan fingerprint density at radius 2 is 1.80 bits per heavy atom. The van der Waals surface area contributed by atoms with E-state index in [0.717, 1.165) is 25.3 Å². The molecular formula is C16H32ClNO2. The zero-order valence-electron chi connectivity index (χ0n) is 13.4. The molecule has 20 heavy (non-hydrogen) atoms. The summed E-state index contributed by atoms with van der Waals surface area (Å²) in [6.45, 7) is 9.90. The SMILES string of the molecule is CCCC(NCC1CCC(C(C)(C)C)CC1)C(=O)O.Cl. The number of nitrogens with one attached hydrogen (secondary N) is 1. The Morgan fingerprint density at radius 3 is 2.20 bits per heavy atom. The van der Waals surface area contributed by atoms with Crippen molar-refractivity contribution < 1.29 is 9.90 Å². The molecule has 1 fully saturated rings. The molecule has 0 aromatic heterocycles. The summed E-state index contributed by atoms with van der Waals surface area (Å²) >= 11 is 0. The van der Waals surface area contributed by atoms with Gasteiger partial charge in [0.25, 0.3) is 0 Å². The molecule has 0 bridgehead atoms. The van der Waals surface area contributed by atoms with Gasteiger partial charge in [-0.1, -0.05) is 34.1 Å². The van der Waals surface area contributed by atoms with Crippen molar-refractivity contribution >= 4 is 18.4 Å². The van der Waals surface area contributed by atoms with Crippen molar-refractivity contribution in [1.29, 1.82) is 0 Å². The predicted octanol–water partition coefficient (Wildman–Crippen LogP) is 4.10. The Hall–Kier alpha value is -0.280. The summed E-state index contributed by atoms with van der Waals surface area (Å²) in [5.74, 6) is 0.789. The molecule has 1 aliphatic carbocycles. The van der Waals surface area contributed by atoms with Gasteiger partial charge in [-0.05, 0) is 55.9 Å². The first-order valence-corrected chi connectivity index (χ1v) is 7.80. The normalized spacial score (nSPS) is 24.8. The van der Waals surface area contributed by atoms with E-state index in [9.17, 15) is 4.79 Å². The van der Waals surface area contributed by atoms with Gasteiger partial charge in [0.2, 0.25) is 0 Å². The van der Waals surface area contributed by atoms with Gasteiger partial charge in [-0.15, -0.1) is 12.4 Å². The molecule has 1 atom stereocenters. The molecule has 0 aromatic carbocycles. The van der Waals surface area contributed by atoms with Gasteiger partial charge in [-0.3, -0.25) is 4.79 Å². The van der Waals surface area contributed by atoms with Crippen molar-refractivity contribution in [2.75, 3.05) is 6.54 Å². The highest BCUT2D eigenvalue weighted by Crippen LogP contribution is 2.39. The van der Waals surface area contributed by atoms with Crippen LogP contribution in [0, 0.1) is 17.3 Å². The fraction of sp³-hybridized carbons (Fsp3) is 0.938. The number of hydrogen-bond donors (Lipinski definition) is 2. The summed E-state index contributed by atoms with van der Waals surface area (Å²) in [7, 11) is 0. The molecular weight excluding hydrogens is 274 g/mol. The monoisotopic (exact) mass is 305 g/mol. The van der Waals surface area contributed by atoms with E-state index in [1.54, 1.807) is 0 Å². The van der Waals surface area contributed by atoms with Gasteiger partial charge >= 0.3 is 5.97 Å². The van der Waals surface area contributed by atoms with Gasteiger partial charge in [-0.2, -0.15) is 0 Å². The van der Waals surface area contributed by atoms with E-state index in [0.29, 0.717) is 11.3 Å². The number of halogens is 1. The van der Waals surface area contributed by atoms with Crippen LogP contribution in [0.3, 0.4) is 0 Å². The maximum atomic E-state index is 11.1. The second-order valence-electron chi connectivity index (χ2n) is 7.17. The summed E-state index contributed by atoms with van der Waals surface area (Å²) in [6.07, 6.45) is 6.72. The average molecular weight is 306 g/mol.